The molecule has 0 saturated heterocycles. The maximum atomic E-state index is 12.6. The highest BCUT2D eigenvalue weighted by atomic mass is 16.5. The average Bonchev–Trinajstić information content (AvgIpc) is 3.28. The van der Waals surface area contributed by atoms with Gasteiger partial charge in [-0.05, 0) is 30.4 Å². The predicted octanol–water partition coefficient (Wildman–Crippen LogP) is 1.38. The number of carboxylic acid groups (broad SMARTS) is 1. The van der Waals surface area contributed by atoms with E-state index in [4.69, 9.17) is 9.84 Å². The van der Waals surface area contributed by atoms with Gasteiger partial charge in [0.05, 0.1) is 6.61 Å². The lowest BCUT2D eigenvalue weighted by Gasteiger charge is -2.30. The number of hydrogen-bond donors (Lipinski definition) is 1. The molecule has 1 aliphatic heterocycles. The smallest absolute Gasteiger partial charge is 0.323 e. The number of ether oxygens (including phenoxy) is 1. The van der Waals surface area contributed by atoms with Gasteiger partial charge in [-0.3, -0.25) is 9.59 Å². The predicted molar refractivity (Wildman–Crippen MR) is 71.2 cm³/mol. The van der Waals surface area contributed by atoms with Crippen LogP contribution in [0.15, 0.2) is 24.3 Å². The van der Waals surface area contributed by atoms with E-state index in [1.54, 1.807) is 0 Å². The fourth-order valence-electron chi connectivity index (χ4n) is 2.67. The van der Waals surface area contributed by atoms with Gasteiger partial charge in [-0.1, -0.05) is 24.3 Å². The van der Waals surface area contributed by atoms with E-state index in [9.17, 15) is 9.59 Å². The van der Waals surface area contributed by atoms with Crippen LogP contribution in [0, 0.1) is 0 Å². The average molecular weight is 275 g/mol. The van der Waals surface area contributed by atoms with E-state index in [1.165, 1.54) is 4.90 Å². The van der Waals surface area contributed by atoms with Gasteiger partial charge in [0, 0.05) is 6.04 Å². The highest BCUT2D eigenvalue weighted by molar-refractivity contribution is 5.86. The summed E-state index contributed by atoms with van der Waals surface area (Å²) < 4.78 is 5.62. The Morgan fingerprint density at radius 3 is 2.75 bits per heavy atom. The summed E-state index contributed by atoms with van der Waals surface area (Å²) in [6.45, 7) is 0.254. The zero-order valence-electron chi connectivity index (χ0n) is 11.1. The number of nitrogens with zero attached hydrogens (tertiary/aromatic N) is 1. The Labute approximate surface area is 117 Å². The van der Waals surface area contributed by atoms with Crippen molar-refractivity contribution in [3.8, 4) is 0 Å². The highest BCUT2D eigenvalue weighted by Gasteiger charge is 2.39. The van der Waals surface area contributed by atoms with Gasteiger partial charge in [-0.15, -0.1) is 0 Å². The second kappa shape index (κ2) is 5.25. The van der Waals surface area contributed by atoms with Gasteiger partial charge in [0.15, 0.2) is 6.10 Å². The van der Waals surface area contributed by atoms with Crippen LogP contribution >= 0.6 is 0 Å². The van der Waals surface area contributed by atoms with Crippen molar-refractivity contribution in [2.24, 2.45) is 0 Å². The molecular weight excluding hydrogens is 258 g/mol. The third kappa shape index (κ3) is 2.54. The second-order valence-corrected chi connectivity index (χ2v) is 5.29. The summed E-state index contributed by atoms with van der Waals surface area (Å²) in [4.78, 5) is 25.0. The molecule has 0 radical (unpaired) electrons. The van der Waals surface area contributed by atoms with E-state index in [0.717, 1.165) is 30.4 Å². The van der Waals surface area contributed by atoms with Crippen LogP contribution in [0.25, 0.3) is 0 Å². The number of carbonyl (C=O) groups is 2. The first kappa shape index (κ1) is 13.1. The lowest BCUT2D eigenvalue weighted by atomic mass is 9.97. The molecule has 2 aliphatic rings. The molecule has 0 aromatic heterocycles. The first-order valence-corrected chi connectivity index (χ1v) is 6.88. The molecule has 0 bridgehead atoms. The van der Waals surface area contributed by atoms with Crippen molar-refractivity contribution in [3.63, 3.8) is 0 Å². The summed E-state index contributed by atoms with van der Waals surface area (Å²) in [5.74, 6) is -1.20. The summed E-state index contributed by atoms with van der Waals surface area (Å²) in [6.07, 6.45) is 1.91. The Hall–Kier alpha value is -1.88. The lowest BCUT2D eigenvalue weighted by Crippen LogP contribution is -2.42. The molecule has 1 fully saturated rings. The van der Waals surface area contributed by atoms with E-state index in [2.05, 4.69) is 0 Å². The Balaban J connectivity index is 1.84. The number of aliphatic carboxylic acids is 1. The molecule has 1 aliphatic carbocycles. The van der Waals surface area contributed by atoms with Gasteiger partial charge in [-0.25, -0.2) is 0 Å². The van der Waals surface area contributed by atoms with Crippen molar-refractivity contribution in [2.75, 3.05) is 13.2 Å². The van der Waals surface area contributed by atoms with Crippen LogP contribution in [0.3, 0.4) is 0 Å². The molecule has 3 rings (SSSR count). The quantitative estimate of drug-likeness (QED) is 0.901. The molecule has 1 aromatic carbocycles. The number of hydrogen-bond acceptors (Lipinski definition) is 3. The summed E-state index contributed by atoms with van der Waals surface area (Å²) in [5, 5.41) is 8.97. The third-order valence-electron chi connectivity index (χ3n) is 3.79. The van der Waals surface area contributed by atoms with Crippen LogP contribution in [0.4, 0.5) is 0 Å². The SMILES string of the molecule is O=C(O)CN(C(=O)[C@@H]1OCCc2ccccc21)C1CC1. The molecule has 5 heteroatoms. The summed E-state index contributed by atoms with van der Waals surface area (Å²) in [7, 11) is 0. The number of amides is 1. The van der Waals surface area contributed by atoms with Gasteiger partial charge < -0.3 is 14.7 Å². The van der Waals surface area contributed by atoms with Crippen LogP contribution in [-0.4, -0.2) is 41.1 Å². The topological polar surface area (TPSA) is 66.8 Å². The summed E-state index contributed by atoms with van der Waals surface area (Å²) in [6, 6.07) is 7.78. The van der Waals surface area contributed by atoms with Gasteiger partial charge in [0.25, 0.3) is 5.91 Å². The fraction of sp³-hybridized carbons (Fsp3) is 0.467. The van der Waals surface area contributed by atoms with Gasteiger partial charge >= 0.3 is 5.97 Å². The number of rotatable bonds is 4. The third-order valence-corrected chi connectivity index (χ3v) is 3.79. The molecule has 1 heterocycles. The molecule has 106 valence electrons. The van der Waals surface area contributed by atoms with Crippen LogP contribution in [0.2, 0.25) is 0 Å². The zero-order chi connectivity index (χ0) is 14.1. The molecule has 0 spiro atoms. The monoisotopic (exact) mass is 275 g/mol. The first-order valence-electron chi connectivity index (χ1n) is 6.88. The molecule has 5 nitrogen and oxygen atoms in total. The van der Waals surface area contributed by atoms with Crippen molar-refractivity contribution in [2.45, 2.75) is 31.4 Å². The molecule has 1 N–H and O–H groups in total. The standard InChI is InChI=1S/C15H17NO4/c17-13(18)9-16(11-5-6-11)15(19)14-12-4-2-1-3-10(12)7-8-20-14/h1-4,11,14H,5-9H2,(H,17,18)/t14-/m1/s1. The van der Waals surface area contributed by atoms with E-state index in [1.807, 2.05) is 24.3 Å². The first-order chi connectivity index (χ1) is 9.66. The number of carboxylic acids is 1. The fourth-order valence-corrected chi connectivity index (χ4v) is 2.67. The van der Waals surface area contributed by atoms with E-state index >= 15 is 0 Å². The molecule has 1 amide bonds. The zero-order valence-corrected chi connectivity index (χ0v) is 11.1. The van der Waals surface area contributed by atoms with Crippen molar-refractivity contribution in [3.05, 3.63) is 35.4 Å². The minimum Gasteiger partial charge on any atom is -0.480 e. The van der Waals surface area contributed by atoms with Gasteiger partial charge in [0.2, 0.25) is 0 Å². The van der Waals surface area contributed by atoms with Crippen LogP contribution in [0.1, 0.15) is 30.1 Å². The molecule has 1 aromatic rings. The summed E-state index contributed by atoms with van der Waals surface area (Å²) in [5.41, 5.74) is 1.99. The lowest BCUT2D eigenvalue weighted by molar-refractivity contribution is -0.152. The van der Waals surface area contributed by atoms with E-state index < -0.39 is 12.1 Å². The number of carbonyl (C=O) groups excluding carboxylic acids is 1. The van der Waals surface area contributed by atoms with Crippen LogP contribution < -0.4 is 0 Å². The highest BCUT2D eigenvalue weighted by Crippen LogP contribution is 2.33. The van der Waals surface area contributed by atoms with Gasteiger partial charge in [-0.2, -0.15) is 0 Å². The Morgan fingerprint density at radius 2 is 2.05 bits per heavy atom. The van der Waals surface area contributed by atoms with Crippen molar-refractivity contribution in [1.82, 2.24) is 4.90 Å². The van der Waals surface area contributed by atoms with Crippen LogP contribution in [0.5, 0.6) is 0 Å². The minimum absolute atomic E-state index is 0.0660. The normalized spacial score (nSPS) is 21.1. The summed E-state index contributed by atoms with van der Waals surface area (Å²) >= 11 is 0. The molecule has 20 heavy (non-hydrogen) atoms. The Kier molecular flexibility index (Phi) is 3.44. The molecule has 0 unspecified atom stereocenters. The maximum absolute atomic E-state index is 12.6. The Bertz CT molecular complexity index is 538. The molecule has 1 atom stereocenters. The number of benzene rings is 1. The van der Waals surface area contributed by atoms with Gasteiger partial charge in [0.1, 0.15) is 6.54 Å². The second-order valence-electron chi connectivity index (χ2n) is 5.29. The van der Waals surface area contributed by atoms with E-state index in [0.29, 0.717) is 6.61 Å². The molecule has 1 saturated carbocycles. The largest absolute Gasteiger partial charge is 0.480 e. The number of fused-ring (bicyclic) bond motifs is 1. The van der Waals surface area contributed by atoms with Crippen molar-refractivity contribution >= 4 is 11.9 Å². The Morgan fingerprint density at radius 1 is 1.30 bits per heavy atom. The van der Waals surface area contributed by atoms with Crippen LogP contribution in [-0.2, 0) is 20.7 Å². The van der Waals surface area contributed by atoms with Crippen molar-refractivity contribution < 1.29 is 19.4 Å². The van der Waals surface area contributed by atoms with Crippen molar-refractivity contribution in [1.29, 1.82) is 0 Å². The minimum atomic E-state index is -0.977. The van der Waals surface area contributed by atoms with E-state index in [-0.39, 0.29) is 18.5 Å². The maximum Gasteiger partial charge on any atom is 0.323 e. The molecular formula is C15H17NO4.